The van der Waals surface area contributed by atoms with Gasteiger partial charge >= 0.3 is 0 Å². The van der Waals surface area contributed by atoms with Crippen LogP contribution in [0.2, 0.25) is 0 Å². The van der Waals surface area contributed by atoms with E-state index < -0.39 is 10.0 Å². The fourth-order valence-corrected chi connectivity index (χ4v) is 3.62. The maximum atomic E-state index is 12.2. The van der Waals surface area contributed by atoms with Crippen LogP contribution in [-0.4, -0.2) is 33.5 Å². The van der Waals surface area contributed by atoms with E-state index in [0.29, 0.717) is 12.1 Å². The summed E-state index contributed by atoms with van der Waals surface area (Å²) in [6.45, 7) is 0.283. The molecule has 2 aromatic rings. The summed E-state index contributed by atoms with van der Waals surface area (Å²) in [5.41, 5.74) is 1.50. The lowest BCUT2D eigenvalue weighted by molar-refractivity contribution is 0.0933. The largest absolute Gasteiger partial charge is 0.488 e. The maximum absolute atomic E-state index is 12.2. The number of benzene rings is 2. The second-order valence-corrected chi connectivity index (χ2v) is 7.58. The topological polar surface area (TPSA) is 84.5 Å². The van der Waals surface area contributed by atoms with Gasteiger partial charge in [-0.05, 0) is 35.9 Å². The predicted molar refractivity (Wildman–Crippen MR) is 97.4 cm³/mol. The van der Waals surface area contributed by atoms with Crippen LogP contribution < -0.4 is 14.8 Å². The van der Waals surface area contributed by atoms with Crippen molar-refractivity contribution in [3.8, 4) is 18.1 Å². The average Bonchev–Trinajstić information content (AvgIpc) is 3.07. The van der Waals surface area contributed by atoms with Crippen LogP contribution in [0.4, 0.5) is 0 Å². The Morgan fingerprint density at radius 3 is 2.62 bits per heavy atom. The molecule has 134 valence electrons. The monoisotopic (exact) mass is 370 g/mol. The first-order valence-corrected chi connectivity index (χ1v) is 9.54. The molecule has 0 saturated heterocycles. The average molecular weight is 370 g/mol. The minimum absolute atomic E-state index is 0.0545. The second kappa shape index (κ2) is 7.60. The molecule has 0 aliphatic carbocycles. The Kier molecular flexibility index (Phi) is 5.26. The third-order valence-corrected chi connectivity index (χ3v) is 5.41. The maximum Gasteiger partial charge on any atom is 0.251 e. The SMILES string of the molecule is C#CCNS(=O)(=O)c1ccc(C(=O)NCC2Cc3ccccc3O2)cc1. The molecule has 2 N–H and O–H groups in total. The van der Waals surface area contributed by atoms with Crippen LogP contribution >= 0.6 is 0 Å². The van der Waals surface area contributed by atoms with E-state index in [4.69, 9.17) is 11.2 Å². The van der Waals surface area contributed by atoms with Gasteiger partial charge in [-0.1, -0.05) is 24.1 Å². The quantitative estimate of drug-likeness (QED) is 0.752. The molecule has 0 bridgehead atoms. The zero-order valence-electron chi connectivity index (χ0n) is 13.9. The summed E-state index contributed by atoms with van der Waals surface area (Å²) >= 11 is 0. The van der Waals surface area contributed by atoms with Crippen molar-refractivity contribution in [3.05, 3.63) is 59.7 Å². The molecule has 6 nitrogen and oxygen atoms in total. The summed E-state index contributed by atoms with van der Waals surface area (Å²) in [6.07, 6.45) is 5.69. The van der Waals surface area contributed by atoms with Crippen molar-refractivity contribution in [1.29, 1.82) is 0 Å². The highest BCUT2D eigenvalue weighted by Gasteiger charge is 2.23. The number of carbonyl (C=O) groups is 1. The predicted octanol–water partition coefficient (Wildman–Crippen LogP) is 1.33. The number of nitrogens with one attached hydrogen (secondary N) is 2. The summed E-state index contributed by atoms with van der Waals surface area (Å²) in [6, 6.07) is 13.4. The Hall–Kier alpha value is -2.82. The van der Waals surface area contributed by atoms with Gasteiger partial charge in [0.15, 0.2) is 0 Å². The van der Waals surface area contributed by atoms with E-state index in [1.54, 1.807) is 0 Å². The van der Waals surface area contributed by atoms with Gasteiger partial charge in [0.25, 0.3) is 5.91 Å². The Morgan fingerprint density at radius 2 is 1.92 bits per heavy atom. The highest BCUT2D eigenvalue weighted by molar-refractivity contribution is 7.89. The molecule has 7 heteroatoms. The molecule has 3 rings (SSSR count). The Morgan fingerprint density at radius 1 is 1.19 bits per heavy atom. The lowest BCUT2D eigenvalue weighted by Gasteiger charge is -2.12. The standard InChI is InChI=1S/C19H18N2O4S/c1-2-11-21-26(23,24)17-9-7-14(8-10-17)19(22)20-13-16-12-15-5-3-4-6-18(15)25-16/h1,3-10,16,21H,11-13H2,(H,20,22). The molecule has 0 saturated carbocycles. The molecular formula is C19H18N2O4S. The summed E-state index contributed by atoms with van der Waals surface area (Å²) in [5, 5.41) is 2.81. The first-order chi connectivity index (χ1) is 12.5. The van der Waals surface area contributed by atoms with Crippen molar-refractivity contribution in [3.63, 3.8) is 0 Å². The number of ether oxygens (including phenoxy) is 1. The van der Waals surface area contributed by atoms with E-state index in [1.165, 1.54) is 24.3 Å². The molecule has 1 amide bonds. The normalized spacial score (nSPS) is 15.6. The van der Waals surface area contributed by atoms with Crippen molar-refractivity contribution >= 4 is 15.9 Å². The molecule has 1 heterocycles. The molecule has 2 aromatic carbocycles. The third-order valence-electron chi connectivity index (χ3n) is 4.00. The number of sulfonamides is 1. The highest BCUT2D eigenvalue weighted by atomic mass is 32.2. The van der Waals surface area contributed by atoms with Crippen LogP contribution in [0.25, 0.3) is 0 Å². The minimum Gasteiger partial charge on any atom is -0.488 e. The summed E-state index contributed by atoms with van der Waals surface area (Å²) in [4.78, 5) is 12.3. The molecule has 0 spiro atoms. The highest BCUT2D eigenvalue weighted by Crippen LogP contribution is 2.27. The van der Waals surface area contributed by atoms with Gasteiger partial charge in [0.2, 0.25) is 10.0 Å². The van der Waals surface area contributed by atoms with Crippen LogP contribution in [0.5, 0.6) is 5.75 Å². The molecule has 0 fully saturated rings. The molecular weight excluding hydrogens is 352 g/mol. The number of amides is 1. The summed E-state index contributed by atoms with van der Waals surface area (Å²) < 4.78 is 32.0. The molecule has 1 aliphatic heterocycles. The van der Waals surface area contributed by atoms with Gasteiger partial charge < -0.3 is 10.1 Å². The number of fused-ring (bicyclic) bond motifs is 1. The summed E-state index contributed by atoms with van der Waals surface area (Å²) in [5.74, 6) is 2.77. The molecule has 26 heavy (non-hydrogen) atoms. The van der Waals surface area contributed by atoms with E-state index in [9.17, 15) is 13.2 Å². The van der Waals surface area contributed by atoms with Crippen molar-refractivity contribution in [2.24, 2.45) is 0 Å². The van der Waals surface area contributed by atoms with Gasteiger partial charge in [0.1, 0.15) is 11.9 Å². The minimum atomic E-state index is -3.67. The van der Waals surface area contributed by atoms with Crippen LogP contribution in [0.15, 0.2) is 53.4 Å². The van der Waals surface area contributed by atoms with Crippen LogP contribution in [0.1, 0.15) is 15.9 Å². The van der Waals surface area contributed by atoms with Gasteiger partial charge in [-0.2, -0.15) is 4.72 Å². The molecule has 1 aliphatic rings. The number of rotatable bonds is 6. The third kappa shape index (κ3) is 4.04. The number of hydrogen-bond acceptors (Lipinski definition) is 4. The molecule has 1 atom stereocenters. The Labute approximate surface area is 152 Å². The van der Waals surface area contributed by atoms with E-state index >= 15 is 0 Å². The fourth-order valence-electron chi connectivity index (χ4n) is 2.68. The first kappa shape index (κ1) is 18.0. The van der Waals surface area contributed by atoms with Gasteiger partial charge in [0, 0.05) is 12.0 Å². The van der Waals surface area contributed by atoms with Gasteiger partial charge in [0.05, 0.1) is 18.0 Å². The lowest BCUT2D eigenvalue weighted by Crippen LogP contribution is -2.34. The number of para-hydroxylation sites is 1. The summed E-state index contributed by atoms with van der Waals surface area (Å²) in [7, 11) is -3.67. The molecule has 0 radical (unpaired) electrons. The van der Waals surface area contributed by atoms with E-state index in [0.717, 1.165) is 17.7 Å². The first-order valence-electron chi connectivity index (χ1n) is 8.05. The Bertz CT molecular complexity index is 921. The van der Waals surface area contributed by atoms with Crippen LogP contribution in [-0.2, 0) is 16.4 Å². The molecule has 1 unspecified atom stereocenters. The second-order valence-electron chi connectivity index (χ2n) is 5.81. The lowest BCUT2D eigenvalue weighted by atomic mass is 10.1. The van der Waals surface area contributed by atoms with Crippen molar-refractivity contribution in [2.45, 2.75) is 17.4 Å². The van der Waals surface area contributed by atoms with Gasteiger partial charge in [-0.15, -0.1) is 6.42 Å². The number of hydrogen-bond donors (Lipinski definition) is 2. The molecule has 0 aromatic heterocycles. The van der Waals surface area contributed by atoms with Crippen molar-refractivity contribution in [2.75, 3.05) is 13.1 Å². The van der Waals surface area contributed by atoms with Crippen LogP contribution in [0, 0.1) is 12.3 Å². The van der Waals surface area contributed by atoms with E-state index in [2.05, 4.69) is 16.0 Å². The zero-order valence-corrected chi connectivity index (χ0v) is 14.8. The smallest absolute Gasteiger partial charge is 0.251 e. The van der Waals surface area contributed by atoms with Gasteiger partial charge in [-0.25, -0.2) is 8.42 Å². The van der Waals surface area contributed by atoms with Crippen molar-refractivity contribution < 1.29 is 17.9 Å². The van der Waals surface area contributed by atoms with Crippen LogP contribution in [0.3, 0.4) is 0 Å². The van der Waals surface area contributed by atoms with E-state index in [1.807, 2.05) is 24.3 Å². The fraction of sp³-hybridized carbons (Fsp3) is 0.211. The van der Waals surface area contributed by atoms with Gasteiger partial charge in [-0.3, -0.25) is 4.79 Å². The van der Waals surface area contributed by atoms with Crippen molar-refractivity contribution in [1.82, 2.24) is 10.0 Å². The Balaban J connectivity index is 1.57. The zero-order chi connectivity index (χ0) is 18.6. The number of terminal acetylenes is 1. The van der Waals surface area contributed by atoms with E-state index in [-0.39, 0.29) is 23.5 Å². The number of carbonyl (C=O) groups excluding carboxylic acids is 1.